The molecule has 0 bridgehead atoms. The first-order valence-corrected chi connectivity index (χ1v) is 7.45. The summed E-state index contributed by atoms with van der Waals surface area (Å²) in [7, 11) is 1.40. The van der Waals surface area contributed by atoms with Gasteiger partial charge in [0.25, 0.3) is 0 Å². The second-order valence-corrected chi connectivity index (χ2v) is 5.81. The van der Waals surface area contributed by atoms with E-state index in [0.717, 1.165) is 10.7 Å². The lowest BCUT2D eigenvalue weighted by molar-refractivity contribution is -0.148. The maximum absolute atomic E-state index is 12.0. The largest absolute Gasteiger partial charge is 0.469 e. The number of piperidine rings is 1. The Morgan fingerprint density at radius 2 is 2.15 bits per heavy atom. The Labute approximate surface area is 122 Å². The first-order chi connectivity index (χ1) is 9.60. The van der Waals surface area contributed by atoms with Crippen LogP contribution in [-0.2, 0) is 14.3 Å². The number of ether oxygens (including phenoxy) is 1. The molecule has 20 heavy (non-hydrogen) atoms. The van der Waals surface area contributed by atoms with Crippen molar-refractivity contribution in [1.82, 2.24) is 9.88 Å². The maximum Gasteiger partial charge on any atom is 0.308 e. The molecule has 0 saturated carbocycles. The Balaban J connectivity index is 1.86. The van der Waals surface area contributed by atoms with Crippen molar-refractivity contribution in [2.75, 3.05) is 20.2 Å². The van der Waals surface area contributed by atoms with Gasteiger partial charge in [0.2, 0.25) is 5.91 Å². The lowest BCUT2D eigenvalue weighted by Gasteiger charge is -2.29. The SMILES string of the molecule is COC(=O)C1CCN(C(=O)C=Cc2csc(C)n2)CC1. The summed E-state index contributed by atoms with van der Waals surface area (Å²) in [6.45, 7) is 3.12. The molecule has 1 aliphatic heterocycles. The van der Waals surface area contributed by atoms with E-state index >= 15 is 0 Å². The molecule has 1 aliphatic rings. The fraction of sp³-hybridized carbons (Fsp3) is 0.500. The highest BCUT2D eigenvalue weighted by atomic mass is 32.1. The van der Waals surface area contributed by atoms with Crippen LogP contribution in [0.5, 0.6) is 0 Å². The fourth-order valence-corrected chi connectivity index (χ4v) is 2.80. The summed E-state index contributed by atoms with van der Waals surface area (Å²) >= 11 is 1.56. The van der Waals surface area contributed by atoms with Crippen LogP contribution in [0.1, 0.15) is 23.5 Å². The van der Waals surface area contributed by atoms with Crippen LogP contribution in [0.2, 0.25) is 0 Å². The summed E-state index contributed by atoms with van der Waals surface area (Å²) in [5.74, 6) is -0.279. The monoisotopic (exact) mass is 294 g/mol. The van der Waals surface area contributed by atoms with Gasteiger partial charge in [-0.2, -0.15) is 0 Å². The van der Waals surface area contributed by atoms with Crippen LogP contribution in [0.4, 0.5) is 0 Å². The van der Waals surface area contributed by atoms with Crippen molar-refractivity contribution in [3.05, 3.63) is 22.2 Å². The third kappa shape index (κ3) is 3.66. The third-order valence-electron chi connectivity index (χ3n) is 3.37. The molecule has 1 aromatic heterocycles. The molecular weight excluding hydrogens is 276 g/mol. The molecule has 1 amide bonds. The first kappa shape index (κ1) is 14.7. The molecule has 0 unspecified atom stereocenters. The summed E-state index contributed by atoms with van der Waals surface area (Å²) in [4.78, 5) is 29.5. The predicted octanol–water partition coefficient (Wildman–Crippen LogP) is 1.88. The van der Waals surface area contributed by atoms with Crippen molar-refractivity contribution < 1.29 is 14.3 Å². The standard InChI is InChI=1S/C14H18N2O3S/c1-10-15-12(9-20-10)3-4-13(17)16-7-5-11(6-8-16)14(18)19-2/h3-4,9,11H,5-8H2,1-2H3. The lowest BCUT2D eigenvalue weighted by Crippen LogP contribution is -2.39. The van der Waals surface area contributed by atoms with E-state index in [-0.39, 0.29) is 17.8 Å². The molecular formula is C14H18N2O3S. The molecule has 0 aliphatic carbocycles. The number of nitrogens with zero attached hydrogens (tertiary/aromatic N) is 2. The number of amides is 1. The van der Waals surface area contributed by atoms with Crippen molar-refractivity contribution in [3.8, 4) is 0 Å². The van der Waals surface area contributed by atoms with Gasteiger partial charge < -0.3 is 9.64 Å². The number of esters is 1. The third-order valence-corrected chi connectivity index (χ3v) is 4.17. The molecule has 0 N–H and O–H groups in total. The molecule has 108 valence electrons. The average molecular weight is 294 g/mol. The van der Waals surface area contributed by atoms with Crippen molar-refractivity contribution in [2.45, 2.75) is 19.8 Å². The second-order valence-electron chi connectivity index (χ2n) is 4.75. The fourth-order valence-electron chi connectivity index (χ4n) is 2.22. The molecule has 2 rings (SSSR count). The molecule has 5 nitrogen and oxygen atoms in total. The topological polar surface area (TPSA) is 59.5 Å². The number of thiazole rings is 1. The van der Waals surface area contributed by atoms with Crippen molar-refractivity contribution >= 4 is 29.3 Å². The van der Waals surface area contributed by atoms with Gasteiger partial charge in [-0.3, -0.25) is 9.59 Å². The molecule has 1 saturated heterocycles. The summed E-state index contributed by atoms with van der Waals surface area (Å²) in [6, 6.07) is 0. The highest BCUT2D eigenvalue weighted by molar-refractivity contribution is 7.09. The molecule has 0 radical (unpaired) electrons. The van der Waals surface area contributed by atoms with Crippen LogP contribution in [0.25, 0.3) is 6.08 Å². The van der Waals surface area contributed by atoms with E-state index in [1.165, 1.54) is 7.11 Å². The molecule has 6 heteroatoms. The van der Waals surface area contributed by atoms with Gasteiger partial charge in [0.05, 0.1) is 23.7 Å². The molecule has 0 spiro atoms. The Morgan fingerprint density at radius 3 is 2.70 bits per heavy atom. The van der Waals surface area contributed by atoms with Crippen LogP contribution in [0.15, 0.2) is 11.5 Å². The molecule has 0 aromatic carbocycles. The highest BCUT2D eigenvalue weighted by Gasteiger charge is 2.26. The number of carbonyl (C=O) groups is 2. The van der Waals surface area contributed by atoms with Crippen LogP contribution in [0.3, 0.4) is 0 Å². The lowest BCUT2D eigenvalue weighted by atomic mass is 9.97. The van der Waals surface area contributed by atoms with Gasteiger partial charge in [-0.1, -0.05) is 0 Å². The normalized spacial score (nSPS) is 16.6. The molecule has 1 fully saturated rings. The zero-order chi connectivity index (χ0) is 14.5. The van der Waals surface area contributed by atoms with E-state index < -0.39 is 0 Å². The Hall–Kier alpha value is -1.69. The van der Waals surface area contributed by atoms with Crippen molar-refractivity contribution in [2.24, 2.45) is 5.92 Å². The van der Waals surface area contributed by atoms with E-state index in [4.69, 9.17) is 4.74 Å². The highest BCUT2D eigenvalue weighted by Crippen LogP contribution is 2.19. The number of aromatic nitrogens is 1. The Morgan fingerprint density at radius 1 is 1.45 bits per heavy atom. The van der Waals surface area contributed by atoms with Crippen LogP contribution < -0.4 is 0 Å². The minimum atomic E-state index is -0.175. The Kier molecular flexibility index (Phi) is 4.89. The molecule has 1 aromatic rings. The van der Waals surface area contributed by atoms with Gasteiger partial charge >= 0.3 is 5.97 Å². The minimum Gasteiger partial charge on any atom is -0.469 e. The number of likely N-dealkylation sites (tertiary alicyclic amines) is 1. The van der Waals surface area contributed by atoms with Crippen molar-refractivity contribution in [1.29, 1.82) is 0 Å². The van der Waals surface area contributed by atoms with Crippen LogP contribution >= 0.6 is 11.3 Å². The maximum atomic E-state index is 12.0. The van der Waals surface area contributed by atoms with E-state index in [9.17, 15) is 9.59 Å². The van der Waals surface area contributed by atoms with Gasteiger partial charge in [-0.25, -0.2) is 4.98 Å². The summed E-state index contributed by atoms with van der Waals surface area (Å²) in [5.41, 5.74) is 0.810. The second kappa shape index (κ2) is 6.65. The number of methoxy groups -OCH3 is 1. The zero-order valence-electron chi connectivity index (χ0n) is 11.7. The number of hydrogen-bond donors (Lipinski definition) is 0. The quantitative estimate of drug-likeness (QED) is 0.631. The molecule has 0 atom stereocenters. The summed E-state index contributed by atoms with van der Waals surface area (Å²) in [5, 5.41) is 2.90. The Bertz CT molecular complexity index is 516. The zero-order valence-corrected chi connectivity index (χ0v) is 12.5. The molecule has 2 heterocycles. The van der Waals surface area contributed by atoms with Crippen LogP contribution in [-0.4, -0.2) is 42.0 Å². The van der Waals surface area contributed by atoms with E-state index in [1.54, 1.807) is 28.4 Å². The van der Waals surface area contributed by atoms with Gasteiger partial charge in [-0.05, 0) is 25.8 Å². The number of rotatable bonds is 3. The van der Waals surface area contributed by atoms with Gasteiger partial charge in [0.15, 0.2) is 0 Å². The number of aryl methyl sites for hydroxylation is 1. The van der Waals surface area contributed by atoms with E-state index in [1.807, 2.05) is 12.3 Å². The summed E-state index contributed by atoms with van der Waals surface area (Å²) in [6.07, 6.45) is 4.62. The smallest absolute Gasteiger partial charge is 0.308 e. The van der Waals surface area contributed by atoms with Gasteiger partial charge in [0, 0.05) is 24.5 Å². The predicted molar refractivity (Wildman–Crippen MR) is 77.2 cm³/mol. The van der Waals surface area contributed by atoms with Crippen LogP contribution in [0, 0.1) is 12.8 Å². The van der Waals surface area contributed by atoms with E-state index in [2.05, 4.69) is 4.98 Å². The van der Waals surface area contributed by atoms with Gasteiger partial charge in [-0.15, -0.1) is 11.3 Å². The number of hydrogen-bond acceptors (Lipinski definition) is 5. The minimum absolute atomic E-state index is 0.0287. The van der Waals surface area contributed by atoms with E-state index in [0.29, 0.717) is 25.9 Å². The summed E-state index contributed by atoms with van der Waals surface area (Å²) < 4.78 is 4.73. The average Bonchev–Trinajstić information content (AvgIpc) is 2.89. The van der Waals surface area contributed by atoms with Crippen molar-refractivity contribution in [3.63, 3.8) is 0 Å². The number of carbonyl (C=O) groups excluding carboxylic acids is 2. The van der Waals surface area contributed by atoms with Gasteiger partial charge in [0.1, 0.15) is 0 Å². The first-order valence-electron chi connectivity index (χ1n) is 6.57.